The molecule has 0 spiro atoms. The van der Waals surface area contributed by atoms with Gasteiger partial charge in [-0.2, -0.15) is 18.4 Å². The molecule has 0 saturated heterocycles. The van der Waals surface area contributed by atoms with Gasteiger partial charge in [0.15, 0.2) is 5.69 Å². The molecule has 8 heteroatoms. The van der Waals surface area contributed by atoms with Gasteiger partial charge in [-0.15, -0.1) is 0 Å². The van der Waals surface area contributed by atoms with E-state index in [9.17, 15) is 18.0 Å². The Kier molecular flexibility index (Phi) is 5.05. The van der Waals surface area contributed by atoms with Gasteiger partial charge in [0.05, 0.1) is 23.5 Å². The molecule has 1 rings (SSSR count). The minimum atomic E-state index is -4.72. The molecule has 108 valence electrons. The summed E-state index contributed by atoms with van der Waals surface area (Å²) in [6.07, 6.45) is -2.63. The van der Waals surface area contributed by atoms with Crippen LogP contribution in [0, 0.1) is 11.3 Å². The Morgan fingerprint density at radius 3 is 2.75 bits per heavy atom. The number of nitrogens with one attached hydrogen (secondary N) is 1. The predicted octanol–water partition coefficient (Wildman–Crippen LogP) is 2.04. The second-order valence-corrected chi connectivity index (χ2v) is 4.11. The predicted molar refractivity (Wildman–Crippen MR) is 65.5 cm³/mol. The smallest absolute Gasteiger partial charge is 0.323 e. The zero-order chi connectivity index (χ0) is 15.3. The van der Waals surface area contributed by atoms with Gasteiger partial charge in [0.1, 0.15) is 6.07 Å². The Morgan fingerprint density at radius 1 is 1.60 bits per heavy atom. The van der Waals surface area contributed by atoms with E-state index in [4.69, 9.17) is 11.0 Å². The standard InChI is InChI=1S/C12H13F3N4O/c1-2-3-9(17)11(20)19-7-4-8(12(13,14)15)10(5-16)18-6-7/h4,6,9H,2-3,17H2,1H3,(H,19,20). The summed E-state index contributed by atoms with van der Waals surface area (Å²) in [6, 6.07) is 1.23. The van der Waals surface area contributed by atoms with Gasteiger partial charge in [-0.3, -0.25) is 4.79 Å². The number of pyridine rings is 1. The molecule has 0 aliphatic heterocycles. The molecule has 3 N–H and O–H groups in total. The number of amides is 1. The Balaban J connectivity index is 2.99. The van der Waals surface area contributed by atoms with Crippen LogP contribution >= 0.6 is 0 Å². The quantitative estimate of drug-likeness (QED) is 0.886. The summed E-state index contributed by atoms with van der Waals surface area (Å²) in [5.41, 5.74) is 3.47. The molecule has 1 amide bonds. The van der Waals surface area contributed by atoms with E-state index in [1.54, 1.807) is 0 Å². The fourth-order valence-corrected chi connectivity index (χ4v) is 1.52. The lowest BCUT2D eigenvalue weighted by atomic mass is 10.1. The Bertz CT molecular complexity index is 536. The molecule has 0 bridgehead atoms. The first-order valence-corrected chi connectivity index (χ1v) is 5.83. The maximum Gasteiger partial charge on any atom is 0.419 e. The first-order chi connectivity index (χ1) is 9.29. The number of hydrogen-bond donors (Lipinski definition) is 2. The summed E-state index contributed by atoms with van der Waals surface area (Å²) >= 11 is 0. The summed E-state index contributed by atoms with van der Waals surface area (Å²) in [6.45, 7) is 1.83. The first-order valence-electron chi connectivity index (χ1n) is 5.83. The number of carbonyl (C=O) groups excluding carboxylic acids is 1. The van der Waals surface area contributed by atoms with Gasteiger partial charge in [-0.05, 0) is 12.5 Å². The van der Waals surface area contributed by atoms with Crippen molar-refractivity contribution in [2.45, 2.75) is 32.0 Å². The molecular formula is C12H13F3N4O. The fraction of sp³-hybridized carbons (Fsp3) is 0.417. The van der Waals surface area contributed by atoms with Gasteiger partial charge in [0, 0.05) is 0 Å². The largest absolute Gasteiger partial charge is 0.419 e. The summed E-state index contributed by atoms with van der Waals surface area (Å²) < 4.78 is 38.1. The number of nitrogens with zero attached hydrogens (tertiary/aromatic N) is 2. The SMILES string of the molecule is CCCC(N)C(=O)Nc1cnc(C#N)c(C(F)(F)F)c1. The van der Waals surface area contributed by atoms with Crippen molar-refractivity contribution in [1.82, 2.24) is 4.98 Å². The molecule has 1 aromatic rings. The number of nitrogens with two attached hydrogens (primary N) is 1. The van der Waals surface area contributed by atoms with E-state index in [0.717, 1.165) is 6.20 Å². The van der Waals surface area contributed by atoms with Crippen LogP contribution in [0.15, 0.2) is 12.3 Å². The third-order valence-electron chi connectivity index (χ3n) is 2.50. The van der Waals surface area contributed by atoms with Crippen LogP contribution in [0.3, 0.4) is 0 Å². The van der Waals surface area contributed by atoms with Gasteiger partial charge >= 0.3 is 6.18 Å². The lowest BCUT2D eigenvalue weighted by molar-refractivity contribution is -0.138. The van der Waals surface area contributed by atoms with Crippen LogP contribution < -0.4 is 11.1 Å². The average molecular weight is 286 g/mol. The number of alkyl halides is 3. The van der Waals surface area contributed by atoms with Gasteiger partial charge in [-0.1, -0.05) is 13.3 Å². The third-order valence-corrected chi connectivity index (χ3v) is 2.50. The Morgan fingerprint density at radius 2 is 2.25 bits per heavy atom. The van der Waals surface area contributed by atoms with Crippen molar-refractivity contribution in [2.24, 2.45) is 5.73 Å². The van der Waals surface area contributed by atoms with E-state index in [2.05, 4.69) is 10.3 Å². The highest BCUT2D eigenvalue weighted by Crippen LogP contribution is 2.32. The molecule has 0 aromatic carbocycles. The van der Waals surface area contributed by atoms with Crippen molar-refractivity contribution in [1.29, 1.82) is 5.26 Å². The number of nitriles is 1. The zero-order valence-electron chi connectivity index (χ0n) is 10.7. The normalized spacial score (nSPS) is 12.6. The number of carbonyl (C=O) groups is 1. The van der Waals surface area contributed by atoms with Crippen LogP contribution in [-0.2, 0) is 11.0 Å². The van der Waals surface area contributed by atoms with Gasteiger partial charge in [0.2, 0.25) is 5.91 Å². The molecule has 1 atom stereocenters. The van der Waals surface area contributed by atoms with Crippen molar-refractivity contribution in [2.75, 3.05) is 5.32 Å². The molecule has 5 nitrogen and oxygen atoms in total. The van der Waals surface area contributed by atoms with Crippen LogP contribution in [-0.4, -0.2) is 16.9 Å². The number of hydrogen-bond acceptors (Lipinski definition) is 4. The van der Waals surface area contributed by atoms with Gasteiger partial charge in [0.25, 0.3) is 0 Å². The van der Waals surface area contributed by atoms with Crippen LogP contribution in [0.4, 0.5) is 18.9 Å². The Hall–Kier alpha value is -2.14. The molecule has 1 aromatic heterocycles. The highest BCUT2D eigenvalue weighted by atomic mass is 19.4. The van der Waals surface area contributed by atoms with E-state index < -0.39 is 29.4 Å². The maximum absolute atomic E-state index is 12.7. The number of halogens is 3. The molecule has 0 saturated carbocycles. The van der Waals surface area contributed by atoms with Gasteiger partial charge < -0.3 is 11.1 Å². The first kappa shape index (κ1) is 15.9. The van der Waals surface area contributed by atoms with Crippen molar-refractivity contribution >= 4 is 11.6 Å². The summed E-state index contributed by atoms with van der Waals surface area (Å²) in [7, 11) is 0. The molecule has 1 heterocycles. The average Bonchev–Trinajstić information content (AvgIpc) is 2.37. The molecule has 1 unspecified atom stereocenters. The highest BCUT2D eigenvalue weighted by Gasteiger charge is 2.35. The van der Waals surface area contributed by atoms with Crippen molar-refractivity contribution in [3.05, 3.63) is 23.5 Å². The minimum absolute atomic E-state index is 0.145. The van der Waals surface area contributed by atoms with Crippen LogP contribution in [0.1, 0.15) is 31.0 Å². The molecule has 0 aliphatic rings. The second kappa shape index (κ2) is 6.34. The Labute approximate surface area is 113 Å². The maximum atomic E-state index is 12.7. The second-order valence-electron chi connectivity index (χ2n) is 4.11. The van der Waals surface area contributed by atoms with Crippen molar-refractivity contribution < 1.29 is 18.0 Å². The van der Waals surface area contributed by atoms with Crippen molar-refractivity contribution in [3.63, 3.8) is 0 Å². The van der Waals surface area contributed by atoms with E-state index >= 15 is 0 Å². The fourth-order valence-electron chi connectivity index (χ4n) is 1.52. The lowest BCUT2D eigenvalue weighted by Crippen LogP contribution is -2.35. The topological polar surface area (TPSA) is 91.8 Å². The number of aromatic nitrogens is 1. The van der Waals surface area contributed by atoms with Crippen LogP contribution in [0.2, 0.25) is 0 Å². The van der Waals surface area contributed by atoms with E-state index in [-0.39, 0.29) is 5.69 Å². The monoisotopic (exact) mass is 286 g/mol. The van der Waals surface area contributed by atoms with E-state index in [0.29, 0.717) is 18.9 Å². The molecule has 20 heavy (non-hydrogen) atoms. The van der Waals surface area contributed by atoms with Gasteiger partial charge in [-0.25, -0.2) is 4.98 Å². The highest BCUT2D eigenvalue weighted by molar-refractivity contribution is 5.94. The lowest BCUT2D eigenvalue weighted by Gasteiger charge is -2.13. The molecule has 0 fully saturated rings. The summed E-state index contributed by atoms with van der Waals surface area (Å²) in [5, 5.41) is 10.8. The number of anilines is 1. The third kappa shape index (κ3) is 3.93. The van der Waals surface area contributed by atoms with E-state index in [1.807, 2.05) is 6.92 Å². The summed E-state index contributed by atoms with van der Waals surface area (Å²) in [4.78, 5) is 15.0. The van der Waals surface area contributed by atoms with Crippen LogP contribution in [0.5, 0.6) is 0 Å². The van der Waals surface area contributed by atoms with E-state index in [1.165, 1.54) is 6.07 Å². The zero-order valence-corrected chi connectivity index (χ0v) is 10.7. The number of rotatable bonds is 4. The molecule has 0 aliphatic carbocycles. The van der Waals surface area contributed by atoms with Crippen LogP contribution in [0.25, 0.3) is 0 Å². The minimum Gasteiger partial charge on any atom is -0.323 e. The molecule has 0 radical (unpaired) electrons. The van der Waals surface area contributed by atoms with Crippen molar-refractivity contribution in [3.8, 4) is 6.07 Å². The summed E-state index contributed by atoms with van der Waals surface area (Å²) in [5.74, 6) is -0.591. The molecular weight excluding hydrogens is 273 g/mol.